The molecule has 7 nitrogen and oxygen atoms in total. The molecular formula is C18H20F2N2O5. The Hall–Kier alpha value is -2.84. The third kappa shape index (κ3) is 4.29. The third-order valence-corrected chi connectivity index (χ3v) is 3.92. The topological polar surface area (TPSA) is 92.8 Å². The van der Waals surface area contributed by atoms with Crippen LogP contribution in [0.5, 0.6) is 0 Å². The van der Waals surface area contributed by atoms with Crippen molar-refractivity contribution in [3.63, 3.8) is 0 Å². The molecule has 0 radical (unpaired) electrons. The SMILES string of the molecule is CC(C)OC(=O)[C@@H](C)CNC(=O)CN1C(=O)c2ccccc2C(F)(F)C1=O. The quantitative estimate of drug-likeness (QED) is 0.594. The fraction of sp³-hybridized carbons (Fsp3) is 0.444. The van der Waals surface area contributed by atoms with Crippen LogP contribution in [-0.2, 0) is 25.0 Å². The summed E-state index contributed by atoms with van der Waals surface area (Å²) in [5, 5.41) is 2.35. The molecule has 1 heterocycles. The Morgan fingerprint density at radius 2 is 1.81 bits per heavy atom. The fourth-order valence-corrected chi connectivity index (χ4v) is 2.51. The van der Waals surface area contributed by atoms with E-state index in [0.717, 1.165) is 6.07 Å². The number of benzene rings is 1. The largest absolute Gasteiger partial charge is 0.463 e. The predicted octanol–water partition coefficient (Wildman–Crippen LogP) is 1.46. The van der Waals surface area contributed by atoms with Crippen molar-refractivity contribution >= 4 is 23.7 Å². The summed E-state index contributed by atoms with van der Waals surface area (Å²) in [6.45, 7) is 3.89. The molecule has 27 heavy (non-hydrogen) atoms. The highest BCUT2D eigenvalue weighted by molar-refractivity contribution is 6.13. The van der Waals surface area contributed by atoms with E-state index in [0.29, 0.717) is 0 Å². The van der Waals surface area contributed by atoms with E-state index in [1.54, 1.807) is 13.8 Å². The Kier molecular flexibility index (Phi) is 5.92. The maximum atomic E-state index is 14.3. The monoisotopic (exact) mass is 382 g/mol. The minimum Gasteiger partial charge on any atom is -0.463 e. The summed E-state index contributed by atoms with van der Waals surface area (Å²) in [6, 6.07) is 4.87. The van der Waals surface area contributed by atoms with Crippen molar-refractivity contribution in [1.82, 2.24) is 10.2 Å². The molecule has 0 spiro atoms. The molecule has 0 saturated heterocycles. The van der Waals surface area contributed by atoms with Crippen LogP contribution in [0.3, 0.4) is 0 Å². The molecule has 0 bridgehead atoms. The van der Waals surface area contributed by atoms with Gasteiger partial charge >= 0.3 is 17.8 Å². The van der Waals surface area contributed by atoms with Crippen molar-refractivity contribution in [3.05, 3.63) is 35.4 Å². The van der Waals surface area contributed by atoms with E-state index < -0.39 is 47.6 Å². The van der Waals surface area contributed by atoms with Crippen LogP contribution in [0, 0.1) is 5.92 Å². The number of nitrogens with zero attached hydrogens (tertiary/aromatic N) is 1. The molecule has 1 aliphatic heterocycles. The molecule has 1 atom stereocenters. The van der Waals surface area contributed by atoms with E-state index in [2.05, 4.69) is 5.32 Å². The Labute approximate surface area is 154 Å². The molecule has 1 aliphatic rings. The standard InChI is InChI=1S/C18H20F2N2O5/c1-10(2)27-16(25)11(3)8-21-14(23)9-22-15(24)12-6-4-5-7-13(12)18(19,20)17(22)26/h4-7,10-11H,8-9H2,1-3H3,(H,21,23)/t11-/m0/s1. The van der Waals surface area contributed by atoms with Gasteiger partial charge in [0.1, 0.15) is 6.54 Å². The van der Waals surface area contributed by atoms with Gasteiger partial charge in [-0.15, -0.1) is 0 Å². The molecule has 1 aromatic rings. The van der Waals surface area contributed by atoms with Gasteiger partial charge < -0.3 is 10.1 Å². The molecule has 2 rings (SSSR count). The number of imide groups is 1. The van der Waals surface area contributed by atoms with Gasteiger partial charge in [0.25, 0.3) is 5.91 Å². The van der Waals surface area contributed by atoms with Crippen molar-refractivity contribution in [2.45, 2.75) is 32.8 Å². The summed E-state index contributed by atoms with van der Waals surface area (Å²) in [6.07, 6.45) is -0.318. The molecule has 0 fully saturated rings. The van der Waals surface area contributed by atoms with Crippen LogP contribution < -0.4 is 5.32 Å². The molecule has 3 amide bonds. The minimum atomic E-state index is -3.90. The van der Waals surface area contributed by atoms with Crippen LogP contribution in [0.4, 0.5) is 8.78 Å². The first-order chi connectivity index (χ1) is 12.6. The van der Waals surface area contributed by atoms with E-state index in [-0.39, 0.29) is 23.1 Å². The van der Waals surface area contributed by atoms with Gasteiger partial charge in [0.2, 0.25) is 5.91 Å². The molecule has 1 aromatic carbocycles. The van der Waals surface area contributed by atoms with E-state index in [9.17, 15) is 28.0 Å². The number of hydrogen-bond donors (Lipinski definition) is 1. The second kappa shape index (κ2) is 7.81. The van der Waals surface area contributed by atoms with Gasteiger partial charge in [-0.25, -0.2) is 0 Å². The lowest BCUT2D eigenvalue weighted by molar-refractivity contribution is -0.159. The van der Waals surface area contributed by atoms with Gasteiger partial charge in [-0.2, -0.15) is 8.78 Å². The fourth-order valence-electron chi connectivity index (χ4n) is 2.51. The lowest BCUT2D eigenvalue weighted by Crippen LogP contribution is -2.53. The molecule has 0 unspecified atom stereocenters. The zero-order chi connectivity index (χ0) is 20.4. The van der Waals surface area contributed by atoms with Crippen LogP contribution in [0.1, 0.15) is 36.7 Å². The summed E-state index contributed by atoms with van der Waals surface area (Å²) < 4.78 is 33.5. The number of amides is 3. The molecule has 1 N–H and O–H groups in total. The predicted molar refractivity (Wildman–Crippen MR) is 89.8 cm³/mol. The highest BCUT2D eigenvalue weighted by atomic mass is 19.3. The average molecular weight is 382 g/mol. The van der Waals surface area contributed by atoms with Crippen LogP contribution in [-0.4, -0.2) is 47.8 Å². The number of hydrogen-bond acceptors (Lipinski definition) is 5. The molecular weight excluding hydrogens is 362 g/mol. The number of halogens is 2. The number of nitrogens with one attached hydrogen (secondary N) is 1. The molecule has 0 aliphatic carbocycles. The van der Waals surface area contributed by atoms with Crippen LogP contribution >= 0.6 is 0 Å². The maximum Gasteiger partial charge on any atom is 0.351 e. The normalized spacial score (nSPS) is 16.7. The Morgan fingerprint density at radius 3 is 2.44 bits per heavy atom. The number of alkyl halides is 2. The van der Waals surface area contributed by atoms with E-state index >= 15 is 0 Å². The number of carbonyl (C=O) groups excluding carboxylic acids is 4. The number of rotatable bonds is 6. The van der Waals surface area contributed by atoms with Gasteiger partial charge in [-0.1, -0.05) is 25.1 Å². The van der Waals surface area contributed by atoms with Crippen molar-refractivity contribution in [3.8, 4) is 0 Å². The van der Waals surface area contributed by atoms with Crippen molar-refractivity contribution in [2.75, 3.05) is 13.1 Å². The molecule has 0 saturated carbocycles. The van der Waals surface area contributed by atoms with E-state index in [1.165, 1.54) is 25.1 Å². The zero-order valence-electron chi connectivity index (χ0n) is 15.1. The summed E-state index contributed by atoms with van der Waals surface area (Å²) in [4.78, 5) is 48.3. The second-order valence-electron chi connectivity index (χ2n) is 6.51. The van der Waals surface area contributed by atoms with Gasteiger partial charge in [0.15, 0.2) is 0 Å². The average Bonchev–Trinajstić information content (AvgIpc) is 2.61. The molecule has 0 aromatic heterocycles. The van der Waals surface area contributed by atoms with Gasteiger partial charge in [0.05, 0.1) is 12.0 Å². The van der Waals surface area contributed by atoms with Crippen LogP contribution in [0.2, 0.25) is 0 Å². The Morgan fingerprint density at radius 1 is 1.19 bits per heavy atom. The first-order valence-electron chi connectivity index (χ1n) is 8.36. The van der Waals surface area contributed by atoms with Gasteiger partial charge in [0, 0.05) is 17.7 Å². The third-order valence-electron chi connectivity index (χ3n) is 3.92. The number of esters is 1. The van der Waals surface area contributed by atoms with Crippen molar-refractivity contribution in [2.24, 2.45) is 5.92 Å². The van der Waals surface area contributed by atoms with Crippen LogP contribution in [0.15, 0.2) is 24.3 Å². The summed E-state index contributed by atoms with van der Waals surface area (Å²) >= 11 is 0. The van der Waals surface area contributed by atoms with E-state index in [4.69, 9.17) is 4.74 Å². The summed E-state index contributed by atoms with van der Waals surface area (Å²) in [5.41, 5.74) is -1.01. The zero-order valence-corrected chi connectivity index (χ0v) is 15.1. The van der Waals surface area contributed by atoms with E-state index in [1.807, 2.05) is 0 Å². The first-order valence-corrected chi connectivity index (χ1v) is 8.36. The lowest BCUT2D eigenvalue weighted by Gasteiger charge is -2.31. The smallest absolute Gasteiger partial charge is 0.351 e. The minimum absolute atomic E-state index is 0.117. The Bertz CT molecular complexity index is 779. The van der Waals surface area contributed by atoms with Crippen LogP contribution in [0.25, 0.3) is 0 Å². The van der Waals surface area contributed by atoms with Gasteiger partial charge in [-0.3, -0.25) is 24.1 Å². The summed E-state index contributed by atoms with van der Waals surface area (Å²) in [7, 11) is 0. The highest BCUT2D eigenvalue weighted by Crippen LogP contribution is 2.37. The van der Waals surface area contributed by atoms with Crippen molar-refractivity contribution in [1.29, 1.82) is 0 Å². The lowest BCUT2D eigenvalue weighted by atomic mass is 9.95. The number of carbonyl (C=O) groups is 4. The first kappa shape index (κ1) is 20.5. The number of ether oxygens (including phenoxy) is 1. The summed E-state index contributed by atoms with van der Waals surface area (Å²) in [5.74, 6) is -8.67. The molecule has 9 heteroatoms. The number of fused-ring (bicyclic) bond motifs is 1. The van der Waals surface area contributed by atoms with Gasteiger partial charge in [-0.05, 0) is 19.9 Å². The second-order valence-corrected chi connectivity index (χ2v) is 6.51. The molecule has 146 valence electrons. The Balaban J connectivity index is 2.05. The van der Waals surface area contributed by atoms with Crippen molar-refractivity contribution < 1.29 is 32.7 Å². The highest BCUT2D eigenvalue weighted by Gasteiger charge is 2.52. The maximum absolute atomic E-state index is 14.3.